The molecule has 3 rings (SSSR count). The first-order chi connectivity index (χ1) is 10.6. The molecule has 3 aromatic rings. The fraction of sp³-hybridized carbons (Fsp3) is 0.222. The SMILES string of the molecule is CCc1ccc(-c2nc3ccc(Cl)cn3c2C(C)C#N)cc1. The van der Waals surface area contributed by atoms with E-state index in [0.29, 0.717) is 5.02 Å². The van der Waals surface area contributed by atoms with Crippen molar-refractivity contribution in [2.45, 2.75) is 26.2 Å². The number of imidazole rings is 1. The van der Waals surface area contributed by atoms with Gasteiger partial charge in [-0.2, -0.15) is 5.26 Å². The summed E-state index contributed by atoms with van der Waals surface area (Å²) in [5.74, 6) is -0.269. The van der Waals surface area contributed by atoms with Crippen molar-refractivity contribution in [3.05, 3.63) is 58.9 Å². The predicted octanol–water partition coefficient (Wildman–Crippen LogP) is 4.84. The molecular formula is C18H16ClN3. The van der Waals surface area contributed by atoms with Crippen LogP contribution in [-0.4, -0.2) is 9.38 Å². The standard InChI is InChI=1S/C18H16ClN3/c1-3-13-4-6-14(7-5-13)17-18(12(2)10-20)22-11-15(19)8-9-16(22)21-17/h4-9,11-12H,3H2,1-2H3. The molecule has 22 heavy (non-hydrogen) atoms. The molecule has 0 aliphatic heterocycles. The maximum absolute atomic E-state index is 9.36. The molecule has 0 saturated heterocycles. The van der Waals surface area contributed by atoms with E-state index in [4.69, 9.17) is 16.6 Å². The molecule has 2 heterocycles. The zero-order valence-corrected chi connectivity index (χ0v) is 13.3. The van der Waals surface area contributed by atoms with E-state index < -0.39 is 0 Å². The van der Waals surface area contributed by atoms with Gasteiger partial charge in [-0.1, -0.05) is 42.8 Å². The quantitative estimate of drug-likeness (QED) is 0.694. The van der Waals surface area contributed by atoms with Gasteiger partial charge in [-0.25, -0.2) is 4.98 Å². The molecule has 0 bridgehead atoms. The number of hydrogen-bond acceptors (Lipinski definition) is 2. The summed E-state index contributed by atoms with van der Waals surface area (Å²) in [5, 5.41) is 9.99. The van der Waals surface area contributed by atoms with Gasteiger partial charge in [0.1, 0.15) is 5.65 Å². The Hall–Kier alpha value is -2.31. The highest BCUT2D eigenvalue weighted by atomic mass is 35.5. The fourth-order valence-electron chi connectivity index (χ4n) is 2.62. The average Bonchev–Trinajstić information content (AvgIpc) is 2.92. The zero-order chi connectivity index (χ0) is 15.7. The Morgan fingerprint density at radius 1 is 1.23 bits per heavy atom. The number of benzene rings is 1. The second-order valence-electron chi connectivity index (χ2n) is 5.32. The van der Waals surface area contributed by atoms with E-state index in [0.717, 1.165) is 29.0 Å². The summed E-state index contributed by atoms with van der Waals surface area (Å²) in [6.07, 6.45) is 2.82. The van der Waals surface area contributed by atoms with Crippen LogP contribution in [0.3, 0.4) is 0 Å². The molecule has 0 aliphatic carbocycles. The van der Waals surface area contributed by atoms with Gasteiger partial charge < -0.3 is 4.40 Å². The van der Waals surface area contributed by atoms with E-state index in [2.05, 4.69) is 37.3 Å². The topological polar surface area (TPSA) is 41.1 Å². The summed E-state index contributed by atoms with van der Waals surface area (Å²) in [6.45, 7) is 4.01. The van der Waals surface area contributed by atoms with Crippen LogP contribution in [0.4, 0.5) is 0 Å². The second-order valence-corrected chi connectivity index (χ2v) is 5.76. The Bertz CT molecular complexity index is 856. The lowest BCUT2D eigenvalue weighted by atomic mass is 10.0. The van der Waals surface area contributed by atoms with Crippen molar-refractivity contribution >= 4 is 17.2 Å². The van der Waals surface area contributed by atoms with E-state index in [1.165, 1.54) is 5.56 Å². The molecule has 4 heteroatoms. The van der Waals surface area contributed by atoms with Crippen molar-refractivity contribution in [1.82, 2.24) is 9.38 Å². The molecule has 3 nitrogen and oxygen atoms in total. The lowest BCUT2D eigenvalue weighted by Gasteiger charge is -2.07. The van der Waals surface area contributed by atoms with E-state index >= 15 is 0 Å². The number of halogens is 1. The number of nitriles is 1. The van der Waals surface area contributed by atoms with Crippen LogP contribution < -0.4 is 0 Å². The molecule has 1 aromatic carbocycles. The monoisotopic (exact) mass is 309 g/mol. The summed E-state index contributed by atoms with van der Waals surface area (Å²) in [7, 11) is 0. The predicted molar refractivity (Wildman–Crippen MR) is 89.0 cm³/mol. The van der Waals surface area contributed by atoms with E-state index in [1.54, 1.807) is 0 Å². The minimum absolute atomic E-state index is 0.269. The summed E-state index contributed by atoms with van der Waals surface area (Å²) >= 11 is 6.10. The Morgan fingerprint density at radius 3 is 2.59 bits per heavy atom. The van der Waals surface area contributed by atoms with E-state index in [-0.39, 0.29) is 5.92 Å². The van der Waals surface area contributed by atoms with Crippen molar-refractivity contribution in [3.63, 3.8) is 0 Å². The highest BCUT2D eigenvalue weighted by Crippen LogP contribution is 2.30. The molecule has 0 fully saturated rings. The van der Waals surface area contributed by atoms with Crippen molar-refractivity contribution < 1.29 is 0 Å². The van der Waals surface area contributed by atoms with Crippen LogP contribution in [0.25, 0.3) is 16.9 Å². The van der Waals surface area contributed by atoms with Gasteiger partial charge in [0, 0.05) is 11.8 Å². The maximum atomic E-state index is 9.36. The Balaban J connectivity index is 2.25. The summed E-state index contributed by atoms with van der Waals surface area (Å²) in [5.41, 5.74) is 4.83. The number of hydrogen-bond donors (Lipinski definition) is 0. The smallest absolute Gasteiger partial charge is 0.137 e. The maximum Gasteiger partial charge on any atom is 0.137 e. The molecule has 0 amide bonds. The number of rotatable bonds is 3. The van der Waals surface area contributed by atoms with Crippen LogP contribution in [0.15, 0.2) is 42.6 Å². The van der Waals surface area contributed by atoms with Crippen molar-refractivity contribution in [3.8, 4) is 17.3 Å². The number of fused-ring (bicyclic) bond motifs is 1. The first kappa shape index (κ1) is 14.6. The molecule has 110 valence electrons. The first-order valence-electron chi connectivity index (χ1n) is 7.30. The zero-order valence-electron chi connectivity index (χ0n) is 12.5. The number of pyridine rings is 1. The molecule has 1 unspecified atom stereocenters. The molecule has 0 saturated carbocycles. The molecule has 0 spiro atoms. The van der Waals surface area contributed by atoms with Crippen LogP contribution in [0.1, 0.15) is 31.0 Å². The summed E-state index contributed by atoms with van der Waals surface area (Å²) in [4.78, 5) is 4.70. The number of aromatic nitrogens is 2. The van der Waals surface area contributed by atoms with Crippen molar-refractivity contribution in [2.24, 2.45) is 0 Å². The van der Waals surface area contributed by atoms with Gasteiger partial charge in [0.05, 0.1) is 28.4 Å². The summed E-state index contributed by atoms with van der Waals surface area (Å²) < 4.78 is 1.92. The number of nitrogens with zero attached hydrogens (tertiary/aromatic N) is 3. The third-order valence-corrected chi connectivity index (χ3v) is 4.08. The molecule has 0 N–H and O–H groups in total. The third kappa shape index (κ3) is 2.47. The number of aryl methyl sites for hydroxylation is 1. The van der Waals surface area contributed by atoms with E-state index in [9.17, 15) is 5.26 Å². The van der Waals surface area contributed by atoms with Crippen LogP contribution in [-0.2, 0) is 6.42 Å². The van der Waals surface area contributed by atoms with Crippen LogP contribution in [0.5, 0.6) is 0 Å². The minimum Gasteiger partial charge on any atom is -0.301 e. The van der Waals surface area contributed by atoms with Crippen molar-refractivity contribution in [1.29, 1.82) is 5.26 Å². The van der Waals surface area contributed by atoms with Gasteiger partial charge in [0.2, 0.25) is 0 Å². The Kier molecular flexibility index (Phi) is 3.87. The van der Waals surface area contributed by atoms with Gasteiger partial charge in [-0.05, 0) is 31.0 Å². The van der Waals surface area contributed by atoms with Crippen molar-refractivity contribution in [2.75, 3.05) is 0 Å². The van der Waals surface area contributed by atoms with E-state index in [1.807, 2.05) is 29.7 Å². The van der Waals surface area contributed by atoms with Crippen LogP contribution >= 0.6 is 11.6 Å². The molecule has 0 aliphatic rings. The fourth-order valence-corrected chi connectivity index (χ4v) is 2.78. The third-order valence-electron chi connectivity index (χ3n) is 3.86. The van der Waals surface area contributed by atoms with Gasteiger partial charge in [0.15, 0.2) is 0 Å². The molecule has 2 aromatic heterocycles. The Morgan fingerprint density at radius 2 is 1.95 bits per heavy atom. The van der Waals surface area contributed by atoms with Gasteiger partial charge in [0.25, 0.3) is 0 Å². The minimum atomic E-state index is -0.269. The lowest BCUT2D eigenvalue weighted by molar-refractivity contribution is 0.900. The highest BCUT2D eigenvalue weighted by Gasteiger charge is 2.19. The molecular weight excluding hydrogens is 294 g/mol. The lowest BCUT2D eigenvalue weighted by Crippen LogP contribution is -1.98. The Labute approximate surface area is 134 Å². The highest BCUT2D eigenvalue weighted by molar-refractivity contribution is 6.30. The van der Waals surface area contributed by atoms with Gasteiger partial charge in [-0.15, -0.1) is 0 Å². The average molecular weight is 310 g/mol. The van der Waals surface area contributed by atoms with Gasteiger partial charge >= 0.3 is 0 Å². The second kappa shape index (κ2) is 5.82. The first-order valence-corrected chi connectivity index (χ1v) is 7.68. The summed E-state index contributed by atoms with van der Waals surface area (Å²) in [6, 6.07) is 14.3. The largest absolute Gasteiger partial charge is 0.301 e. The van der Waals surface area contributed by atoms with Crippen LogP contribution in [0, 0.1) is 11.3 Å². The molecule has 1 atom stereocenters. The van der Waals surface area contributed by atoms with Crippen LogP contribution in [0.2, 0.25) is 5.02 Å². The molecule has 0 radical (unpaired) electrons. The van der Waals surface area contributed by atoms with Gasteiger partial charge in [-0.3, -0.25) is 0 Å². The normalized spacial score (nSPS) is 12.3.